The molecule has 0 aliphatic carbocycles. The maximum atomic E-state index is 15.4. The minimum Gasteiger partial charge on any atom is -0.390 e. The second-order valence-corrected chi connectivity index (χ2v) is 28.8. The molecule has 2 N–H and O–H groups in total. The zero-order valence-corrected chi connectivity index (χ0v) is 60.2. The van der Waals surface area contributed by atoms with E-state index in [2.05, 4.69) is 10.2 Å². The summed E-state index contributed by atoms with van der Waals surface area (Å²) >= 11 is 0. The van der Waals surface area contributed by atoms with E-state index in [4.69, 9.17) is 9.47 Å². The third-order valence-electron chi connectivity index (χ3n) is 18.7. The molecule has 0 aromatic carbocycles. The topological polar surface area (TPSA) is 264 Å². The number of methoxy groups -OCH3 is 1. The number of Topliss-reactive ketones (excluding diaryl/α,β-unsaturated/α-hetero) is 3. The lowest BCUT2D eigenvalue weighted by molar-refractivity contribution is -0.165. The Morgan fingerprint density at radius 2 is 0.923 bits per heavy atom. The average molecular weight is 1290 g/mol. The number of aliphatic hydroxyl groups is 1. The van der Waals surface area contributed by atoms with Gasteiger partial charge in [-0.3, -0.25) is 57.6 Å². The lowest BCUT2D eigenvalue weighted by Gasteiger charge is -2.42. The Morgan fingerprint density at radius 1 is 0.495 bits per heavy atom. The van der Waals surface area contributed by atoms with E-state index in [1.54, 1.807) is 48.5 Å². The van der Waals surface area contributed by atoms with Crippen molar-refractivity contribution in [1.29, 1.82) is 0 Å². The maximum absolute atomic E-state index is 15.4. The van der Waals surface area contributed by atoms with Crippen LogP contribution < -0.4 is 5.32 Å². The van der Waals surface area contributed by atoms with Gasteiger partial charge in [0, 0.05) is 107 Å². The molecule has 8 amide bonds. The predicted octanol–water partition coefficient (Wildman–Crippen LogP) is 5.27. The largest absolute Gasteiger partial charge is 0.390 e. The highest BCUT2D eigenvalue weighted by Gasteiger charge is 2.46. The number of rotatable bonds is 17. The van der Waals surface area contributed by atoms with Crippen LogP contribution in [-0.2, 0) is 62.2 Å². The Morgan fingerprint density at radius 3 is 1.37 bits per heavy atom. The number of hydrogen-bond acceptors (Lipinski definition) is 15. The third kappa shape index (κ3) is 22.7. The number of hydrogen-bond donors (Lipinski definition) is 2. The molecule has 2 fully saturated rings. The molecule has 2 saturated heterocycles. The number of carbonyl (C=O) groups is 11. The van der Waals surface area contributed by atoms with Crippen LogP contribution in [0.1, 0.15) is 169 Å². The summed E-state index contributed by atoms with van der Waals surface area (Å²) in [4.78, 5) is 174. The van der Waals surface area contributed by atoms with Crippen molar-refractivity contribution >= 4 is 64.6 Å². The van der Waals surface area contributed by atoms with Gasteiger partial charge in [-0.2, -0.15) is 0 Å². The SMILES string of the molecule is CC[C@H]1CC(=O)[C@@H]([C@H](O)[C@H](C)CCN2CCOCC2)N(C)C(=O)[C@@H](C(C)C)N(C)C(=O)[C@@H](CC(C)C)N(C)C(=O)[C@@H](CC(C)C)N(C)C(=O)[C@H](C)NC(=O)[C@@H](C)CC(=O)[C@@H](CC(C)C)N(C)C(=O)[C@@H](C(C)C)CC(=O)[C@H](CC(C)C)N(C)C(=O)[C@@H](OC)N(C)C1=O. The fourth-order valence-electron chi connectivity index (χ4n) is 12.7. The normalized spacial score (nSPS) is 28.1. The smallest absolute Gasteiger partial charge is 0.273 e. The van der Waals surface area contributed by atoms with Crippen molar-refractivity contribution in [3.05, 3.63) is 0 Å². The summed E-state index contributed by atoms with van der Waals surface area (Å²) in [7, 11) is 11.4. The molecule has 0 radical (unpaired) electrons. The van der Waals surface area contributed by atoms with E-state index < -0.39 is 161 Å². The molecule has 0 aromatic heterocycles. The number of amides is 8. The number of aliphatic hydroxyl groups excluding tert-OH is 1. The van der Waals surface area contributed by atoms with Crippen LogP contribution in [0.2, 0.25) is 0 Å². The molecule has 0 saturated carbocycles. The molecule has 13 atom stereocenters. The highest BCUT2D eigenvalue weighted by atomic mass is 16.5. The second kappa shape index (κ2) is 37.5. The van der Waals surface area contributed by atoms with Crippen molar-refractivity contribution < 1.29 is 67.3 Å². The Balaban J connectivity index is 3.03. The second-order valence-electron chi connectivity index (χ2n) is 28.8. The minimum absolute atomic E-state index is 0.0820. The summed E-state index contributed by atoms with van der Waals surface area (Å²) < 4.78 is 11.3. The zero-order chi connectivity index (χ0) is 70.0. The third-order valence-corrected chi connectivity index (χ3v) is 18.7. The standard InChI is InChI=1S/C68H121N9O14/c1-25-48-37-56(80)58(59(81)45(14)26-27-77-28-30-91-31-29-77)75(22)66(88)57(44(12)13)74(21)65(87)53(35-42(8)9)73(20)64(86)52(34-41(6)7)72(19)61(83)47(16)69-60(82)46(15)36-54(78)50(32-39(2)3)70(17)63(85)49(43(10)11)38-55(79)51(33-40(4)5)71(18)67(89)68(90-24)76(23)62(48)84/h39-53,57-59,68,81H,25-38H2,1-24H3,(H,69,82)/t45-,46+,47+,48+,49-,50-,51+,52-,53-,57-,58+,59-,68-/m1/s1. The van der Waals surface area contributed by atoms with Gasteiger partial charge >= 0.3 is 0 Å². The number of morpholine rings is 1. The summed E-state index contributed by atoms with van der Waals surface area (Å²) in [5.41, 5.74) is 0. The fourth-order valence-corrected chi connectivity index (χ4v) is 12.7. The molecule has 2 aliphatic rings. The Hall–Kier alpha value is -5.39. The molecule has 2 aliphatic heterocycles. The number of nitrogens with zero attached hydrogens (tertiary/aromatic N) is 8. The van der Waals surface area contributed by atoms with E-state index >= 15 is 19.2 Å². The average Bonchev–Trinajstić information content (AvgIpc) is 1.93. The Labute approximate surface area is 546 Å². The summed E-state index contributed by atoms with van der Waals surface area (Å²) in [6, 6.07) is -8.32. The van der Waals surface area contributed by atoms with Crippen molar-refractivity contribution in [2.24, 2.45) is 59.2 Å². The van der Waals surface area contributed by atoms with Gasteiger partial charge < -0.3 is 54.2 Å². The molecule has 23 heteroatoms. The first-order valence-corrected chi connectivity index (χ1v) is 33.5. The van der Waals surface area contributed by atoms with E-state index in [0.717, 1.165) is 4.90 Å². The number of carbonyl (C=O) groups excluding carboxylic acids is 11. The monoisotopic (exact) mass is 1290 g/mol. The van der Waals surface area contributed by atoms with Crippen molar-refractivity contribution in [2.45, 2.75) is 223 Å². The van der Waals surface area contributed by atoms with Gasteiger partial charge in [0.25, 0.3) is 5.91 Å². The van der Waals surface area contributed by atoms with Crippen LogP contribution in [-0.4, -0.2) is 253 Å². The lowest BCUT2D eigenvalue weighted by Crippen LogP contribution is -2.62. The van der Waals surface area contributed by atoms with Gasteiger partial charge in [0.2, 0.25) is 47.6 Å². The van der Waals surface area contributed by atoms with E-state index in [0.29, 0.717) is 39.3 Å². The minimum atomic E-state index is -1.59. The van der Waals surface area contributed by atoms with Gasteiger partial charge in [-0.15, -0.1) is 0 Å². The van der Waals surface area contributed by atoms with Gasteiger partial charge in [-0.1, -0.05) is 104 Å². The van der Waals surface area contributed by atoms with Crippen LogP contribution in [0.15, 0.2) is 0 Å². The Kier molecular flexibility index (Phi) is 33.7. The first-order valence-electron chi connectivity index (χ1n) is 33.5. The van der Waals surface area contributed by atoms with Crippen LogP contribution in [0, 0.1) is 59.2 Å². The molecule has 0 aromatic rings. The number of likely N-dealkylation sites (N-methyl/N-ethyl adjacent to an activating group) is 7. The molecular weight excluding hydrogens is 1170 g/mol. The molecule has 2 heterocycles. The molecule has 522 valence electrons. The predicted molar refractivity (Wildman–Crippen MR) is 350 cm³/mol. The van der Waals surface area contributed by atoms with Gasteiger partial charge in [0.15, 0.2) is 17.3 Å². The van der Waals surface area contributed by atoms with E-state index in [9.17, 15) is 38.7 Å². The molecule has 0 bridgehead atoms. The van der Waals surface area contributed by atoms with Gasteiger partial charge in [-0.25, -0.2) is 0 Å². The highest BCUT2D eigenvalue weighted by Crippen LogP contribution is 2.30. The van der Waals surface area contributed by atoms with Gasteiger partial charge in [-0.05, 0) is 93.4 Å². The molecule has 23 nitrogen and oxygen atoms in total. The Bertz CT molecular complexity index is 2450. The van der Waals surface area contributed by atoms with Crippen LogP contribution in [0.3, 0.4) is 0 Å². The fraction of sp³-hybridized carbons (Fsp3) is 0.838. The number of nitrogens with one attached hydrogen (secondary N) is 1. The molecule has 0 unspecified atom stereocenters. The lowest BCUT2D eigenvalue weighted by atomic mass is 9.84. The summed E-state index contributed by atoms with van der Waals surface area (Å²) in [6.45, 7) is 31.8. The van der Waals surface area contributed by atoms with Crippen LogP contribution in [0.25, 0.3) is 0 Å². The molecular formula is C68H121N9O14. The van der Waals surface area contributed by atoms with Crippen molar-refractivity contribution in [2.75, 3.05) is 89.3 Å². The number of ketones is 3. The highest BCUT2D eigenvalue weighted by molar-refractivity contribution is 5.99. The first-order chi connectivity index (χ1) is 42.2. The van der Waals surface area contributed by atoms with Gasteiger partial charge in [0.1, 0.15) is 30.2 Å². The maximum Gasteiger partial charge on any atom is 0.273 e. The van der Waals surface area contributed by atoms with E-state index in [1.807, 2.05) is 55.4 Å². The van der Waals surface area contributed by atoms with Crippen LogP contribution >= 0.6 is 0 Å². The molecule has 2 rings (SSSR count). The van der Waals surface area contributed by atoms with E-state index in [1.165, 1.54) is 92.8 Å². The summed E-state index contributed by atoms with van der Waals surface area (Å²) in [5.74, 6) is -11.5. The zero-order valence-electron chi connectivity index (χ0n) is 60.2. The van der Waals surface area contributed by atoms with Crippen LogP contribution in [0.5, 0.6) is 0 Å². The first kappa shape index (κ1) is 81.7. The summed E-state index contributed by atoms with van der Waals surface area (Å²) in [6.07, 6.45) is -2.87. The molecule has 0 spiro atoms. The van der Waals surface area contributed by atoms with Crippen molar-refractivity contribution in [3.63, 3.8) is 0 Å². The number of ether oxygens (including phenoxy) is 2. The van der Waals surface area contributed by atoms with Crippen molar-refractivity contribution in [3.8, 4) is 0 Å². The van der Waals surface area contributed by atoms with E-state index in [-0.39, 0.29) is 68.6 Å². The summed E-state index contributed by atoms with van der Waals surface area (Å²) in [5, 5.41) is 15.2. The van der Waals surface area contributed by atoms with Crippen molar-refractivity contribution in [1.82, 2.24) is 44.5 Å². The quantitative estimate of drug-likeness (QED) is 0.188. The van der Waals surface area contributed by atoms with Crippen LogP contribution in [0.4, 0.5) is 0 Å². The van der Waals surface area contributed by atoms with Gasteiger partial charge in [0.05, 0.1) is 31.4 Å². The molecule has 91 heavy (non-hydrogen) atoms.